The molecule has 0 bridgehead atoms. The molecule has 7 heteroatoms. The average molecular weight is 418 g/mol. The topological polar surface area (TPSA) is 53.1 Å². The Bertz CT molecular complexity index is 776. The van der Waals surface area contributed by atoms with Crippen LogP contribution < -0.4 is 4.90 Å². The van der Waals surface area contributed by atoms with Crippen LogP contribution in [0.3, 0.4) is 0 Å². The summed E-state index contributed by atoms with van der Waals surface area (Å²) in [6.07, 6.45) is 3.05. The minimum Gasteiger partial charge on any atom is -0.462 e. The number of carbonyl (C=O) groups excluding carboxylic acids is 2. The first-order valence-electron chi connectivity index (χ1n) is 11.1. The Labute approximate surface area is 177 Å². The Hall–Kier alpha value is -2.15. The first-order valence-corrected chi connectivity index (χ1v) is 11.1. The number of hydrogen-bond acceptors (Lipinski definition) is 5. The second-order valence-corrected chi connectivity index (χ2v) is 9.13. The van der Waals surface area contributed by atoms with Gasteiger partial charge >= 0.3 is 5.97 Å². The third-order valence-corrected chi connectivity index (χ3v) is 7.13. The van der Waals surface area contributed by atoms with Gasteiger partial charge in [0.25, 0.3) is 0 Å². The Morgan fingerprint density at radius 3 is 2.50 bits per heavy atom. The number of carbonyl (C=O) groups is 2. The molecule has 164 valence electrons. The molecule has 0 N–H and O–H groups in total. The number of cyclic esters (lactones) is 1. The van der Waals surface area contributed by atoms with Gasteiger partial charge in [0.05, 0.1) is 5.41 Å². The number of esters is 1. The van der Waals surface area contributed by atoms with Gasteiger partial charge in [-0.1, -0.05) is 0 Å². The zero-order valence-corrected chi connectivity index (χ0v) is 18.0. The molecule has 3 aliphatic rings. The van der Waals surface area contributed by atoms with Gasteiger partial charge in [-0.15, -0.1) is 0 Å². The van der Waals surface area contributed by atoms with Crippen LogP contribution in [-0.4, -0.2) is 73.1 Å². The van der Waals surface area contributed by atoms with Crippen LogP contribution in [0, 0.1) is 11.2 Å². The van der Waals surface area contributed by atoms with E-state index in [1.54, 1.807) is 6.92 Å². The van der Waals surface area contributed by atoms with Gasteiger partial charge in [0.15, 0.2) is 0 Å². The second-order valence-electron chi connectivity index (χ2n) is 9.13. The molecule has 4 rings (SSSR count). The van der Waals surface area contributed by atoms with Gasteiger partial charge in [0.2, 0.25) is 5.91 Å². The summed E-state index contributed by atoms with van der Waals surface area (Å²) < 4.78 is 19.0. The Morgan fingerprint density at radius 2 is 1.87 bits per heavy atom. The van der Waals surface area contributed by atoms with Crippen molar-refractivity contribution >= 4 is 17.6 Å². The van der Waals surface area contributed by atoms with Gasteiger partial charge in [-0.2, -0.15) is 0 Å². The molecular formula is C23H32FN3O3. The average Bonchev–Trinajstić information content (AvgIpc) is 3.02. The lowest BCUT2D eigenvalue weighted by atomic mass is 9.75. The maximum atomic E-state index is 13.2. The maximum absolute atomic E-state index is 13.2. The van der Waals surface area contributed by atoms with E-state index in [1.807, 2.05) is 17.0 Å². The van der Waals surface area contributed by atoms with Crippen molar-refractivity contribution in [1.82, 2.24) is 9.80 Å². The zero-order chi connectivity index (χ0) is 21.3. The molecule has 1 spiro atoms. The van der Waals surface area contributed by atoms with Gasteiger partial charge in [0.1, 0.15) is 11.9 Å². The summed E-state index contributed by atoms with van der Waals surface area (Å²) in [5, 5.41) is 0. The molecular weight excluding hydrogens is 385 g/mol. The third-order valence-electron chi connectivity index (χ3n) is 7.13. The number of halogens is 1. The van der Waals surface area contributed by atoms with Crippen molar-refractivity contribution in [3.8, 4) is 0 Å². The predicted molar refractivity (Wildman–Crippen MR) is 113 cm³/mol. The maximum Gasteiger partial charge on any atom is 0.312 e. The molecule has 0 saturated carbocycles. The van der Waals surface area contributed by atoms with E-state index in [-0.39, 0.29) is 29.2 Å². The van der Waals surface area contributed by atoms with E-state index in [2.05, 4.69) is 16.7 Å². The van der Waals surface area contributed by atoms with Gasteiger partial charge in [-0.05, 0) is 50.5 Å². The standard InChI is InChI=1S/C23H32FN3O3/c1-17-16-25(13-14-27(17)20-5-3-19(24)4-6-20)10-7-21-15-23(22(29)30-21)8-11-26(12-9-23)18(2)28/h3-6,17,21H,7-16H2,1-2H3/t17-,21-/m0/s1. The van der Waals surface area contributed by atoms with Crippen LogP contribution in [0.5, 0.6) is 0 Å². The van der Waals surface area contributed by atoms with Crippen molar-refractivity contribution < 1.29 is 18.7 Å². The van der Waals surface area contributed by atoms with Crippen LogP contribution >= 0.6 is 0 Å². The summed E-state index contributed by atoms with van der Waals surface area (Å²) in [5.74, 6) is -0.187. The number of ether oxygens (including phenoxy) is 1. The highest BCUT2D eigenvalue weighted by Gasteiger charge is 2.50. The number of anilines is 1. The predicted octanol–water partition coefficient (Wildman–Crippen LogP) is 2.67. The summed E-state index contributed by atoms with van der Waals surface area (Å²) in [6.45, 7) is 8.79. The molecule has 3 fully saturated rings. The van der Waals surface area contributed by atoms with E-state index in [9.17, 15) is 14.0 Å². The second kappa shape index (κ2) is 8.53. The number of piperidine rings is 1. The lowest BCUT2D eigenvalue weighted by Crippen LogP contribution is -2.52. The van der Waals surface area contributed by atoms with Crippen LogP contribution in [0.2, 0.25) is 0 Å². The van der Waals surface area contributed by atoms with Crippen LogP contribution in [0.1, 0.15) is 39.5 Å². The van der Waals surface area contributed by atoms with Crippen molar-refractivity contribution in [2.24, 2.45) is 5.41 Å². The summed E-state index contributed by atoms with van der Waals surface area (Å²) in [5.41, 5.74) is 0.678. The number of nitrogens with zero attached hydrogens (tertiary/aromatic N) is 3. The van der Waals surface area contributed by atoms with E-state index >= 15 is 0 Å². The zero-order valence-electron chi connectivity index (χ0n) is 18.0. The Balaban J connectivity index is 1.25. The summed E-state index contributed by atoms with van der Waals surface area (Å²) in [4.78, 5) is 30.7. The molecule has 0 unspecified atom stereocenters. The van der Waals surface area contributed by atoms with E-state index in [0.29, 0.717) is 19.1 Å². The number of benzene rings is 1. The largest absolute Gasteiger partial charge is 0.462 e. The molecule has 1 aromatic carbocycles. The van der Waals surface area contributed by atoms with Gasteiger partial charge in [0, 0.05) is 64.3 Å². The fourth-order valence-corrected chi connectivity index (χ4v) is 5.23. The first kappa shape index (κ1) is 21.1. The molecule has 3 heterocycles. The lowest BCUT2D eigenvalue weighted by Gasteiger charge is -2.41. The molecule has 0 aromatic heterocycles. The molecule has 30 heavy (non-hydrogen) atoms. The fraction of sp³-hybridized carbons (Fsp3) is 0.652. The number of hydrogen-bond donors (Lipinski definition) is 0. The molecule has 3 aliphatic heterocycles. The molecule has 1 amide bonds. The highest BCUT2D eigenvalue weighted by Crippen LogP contribution is 2.44. The van der Waals surface area contributed by atoms with Gasteiger partial charge in [-0.3, -0.25) is 14.5 Å². The minimum atomic E-state index is -0.384. The molecule has 0 aliphatic carbocycles. The summed E-state index contributed by atoms with van der Waals surface area (Å²) in [7, 11) is 0. The summed E-state index contributed by atoms with van der Waals surface area (Å²) in [6, 6.07) is 7.06. The molecule has 1 aromatic rings. The SMILES string of the molecule is CC(=O)N1CCC2(CC1)C[C@H](CCN1CCN(c3ccc(F)cc3)[C@@H](C)C1)OC2=O. The number of rotatable bonds is 4. The Morgan fingerprint density at radius 1 is 1.17 bits per heavy atom. The van der Waals surface area contributed by atoms with Crippen LogP contribution in [0.25, 0.3) is 0 Å². The highest BCUT2D eigenvalue weighted by molar-refractivity contribution is 5.80. The van der Waals surface area contributed by atoms with Crippen LogP contribution in [0.15, 0.2) is 24.3 Å². The van der Waals surface area contributed by atoms with Gasteiger partial charge in [-0.25, -0.2) is 4.39 Å². The van der Waals surface area contributed by atoms with Crippen LogP contribution in [0.4, 0.5) is 10.1 Å². The molecule has 0 radical (unpaired) electrons. The fourth-order valence-electron chi connectivity index (χ4n) is 5.23. The minimum absolute atomic E-state index is 0.0215. The van der Waals surface area contributed by atoms with Crippen molar-refractivity contribution in [1.29, 1.82) is 0 Å². The van der Waals surface area contributed by atoms with E-state index in [1.165, 1.54) is 12.1 Å². The number of likely N-dealkylation sites (tertiary alicyclic amines) is 1. The van der Waals surface area contributed by atoms with Crippen LogP contribution in [-0.2, 0) is 14.3 Å². The smallest absolute Gasteiger partial charge is 0.312 e. The van der Waals surface area contributed by atoms with Crippen molar-refractivity contribution in [3.05, 3.63) is 30.1 Å². The molecule has 3 saturated heterocycles. The highest BCUT2D eigenvalue weighted by atomic mass is 19.1. The summed E-state index contributed by atoms with van der Waals surface area (Å²) >= 11 is 0. The normalized spacial score (nSPS) is 26.8. The Kier molecular flexibility index (Phi) is 6.00. The van der Waals surface area contributed by atoms with E-state index in [4.69, 9.17) is 4.74 Å². The van der Waals surface area contributed by atoms with Crippen molar-refractivity contribution in [3.63, 3.8) is 0 Å². The monoisotopic (exact) mass is 417 g/mol. The number of amides is 1. The van der Waals surface area contributed by atoms with E-state index in [0.717, 1.165) is 57.5 Å². The van der Waals surface area contributed by atoms with Crippen molar-refractivity contribution in [2.75, 3.05) is 44.2 Å². The van der Waals surface area contributed by atoms with Crippen molar-refractivity contribution in [2.45, 2.75) is 51.7 Å². The first-order chi connectivity index (χ1) is 14.4. The number of piperazine rings is 1. The molecule has 2 atom stereocenters. The lowest BCUT2D eigenvalue weighted by molar-refractivity contribution is -0.152. The van der Waals surface area contributed by atoms with E-state index < -0.39 is 0 Å². The third kappa shape index (κ3) is 4.31. The van der Waals surface area contributed by atoms with Gasteiger partial charge < -0.3 is 14.5 Å². The quantitative estimate of drug-likeness (QED) is 0.705. The molecule has 6 nitrogen and oxygen atoms in total.